The minimum atomic E-state index is 0.544. The van der Waals surface area contributed by atoms with Gasteiger partial charge in [-0.15, -0.1) is 11.3 Å². The van der Waals surface area contributed by atoms with Crippen molar-refractivity contribution in [1.82, 2.24) is 0 Å². The maximum atomic E-state index is 6.18. The van der Waals surface area contributed by atoms with Crippen molar-refractivity contribution in [2.75, 3.05) is 7.11 Å². The Bertz CT molecular complexity index is 719. The highest BCUT2D eigenvalue weighted by Gasteiger charge is 2.05. The number of thiophene rings is 1. The molecule has 0 aliphatic rings. The zero-order valence-corrected chi connectivity index (χ0v) is 12.5. The van der Waals surface area contributed by atoms with Gasteiger partial charge < -0.3 is 9.47 Å². The lowest BCUT2D eigenvalue weighted by atomic mass is 10.2. The molecular weight excluding hydrogens is 292 g/mol. The van der Waals surface area contributed by atoms with Gasteiger partial charge in [0.2, 0.25) is 0 Å². The van der Waals surface area contributed by atoms with E-state index >= 15 is 0 Å². The van der Waals surface area contributed by atoms with Crippen molar-refractivity contribution in [3.63, 3.8) is 0 Å². The molecule has 20 heavy (non-hydrogen) atoms. The highest BCUT2D eigenvalue weighted by atomic mass is 35.5. The molecule has 0 bridgehead atoms. The molecule has 1 heterocycles. The summed E-state index contributed by atoms with van der Waals surface area (Å²) >= 11 is 7.85. The van der Waals surface area contributed by atoms with Crippen LogP contribution in [0.25, 0.3) is 10.1 Å². The Morgan fingerprint density at radius 2 is 1.80 bits per heavy atom. The molecule has 0 N–H and O–H groups in total. The number of hydrogen-bond donors (Lipinski definition) is 0. The van der Waals surface area contributed by atoms with Crippen LogP contribution in [0.3, 0.4) is 0 Å². The first-order valence-electron chi connectivity index (χ1n) is 6.20. The summed E-state index contributed by atoms with van der Waals surface area (Å²) in [4.78, 5) is 1.16. The lowest BCUT2D eigenvalue weighted by Crippen LogP contribution is -1.92. The number of rotatable bonds is 4. The summed E-state index contributed by atoms with van der Waals surface area (Å²) in [5.41, 5.74) is 0. The fourth-order valence-corrected chi connectivity index (χ4v) is 3.25. The van der Waals surface area contributed by atoms with Gasteiger partial charge >= 0.3 is 0 Å². The molecule has 2 aromatic carbocycles. The van der Waals surface area contributed by atoms with Gasteiger partial charge in [-0.25, -0.2) is 0 Å². The topological polar surface area (TPSA) is 18.5 Å². The molecule has 0 saturated carbocycles. The maximum absolute atomic E-state index is 6.18. The van der Waals surface area contributed by atoms with Crippen molar-refractivity contribution in [2.24, 2.45) is 0 Å². The van der Waals surface area contributed by atoms with Crippen LogP contribution in [0.4, 0.5) is 0 Å². The van der Waals surface area contributed by atoms with Crippen molar-refractivity contribution >= 4 is 33.0 Å². The molecule has 102 valence electrons. The molecule has 0 atom stereocenters. The van der Waals surface area contributed by atoms with E-state index in [9.17, 15) is 0 Å². The van der Waals surface area contributed by atoms with Gasteiger partial charge in [0, 0.05) is 4.88 Å². The molecule has 3 rings (SSSR count). The fourth-order valence-electron chi connectivity index (χ4n) is 1.98. The number of fused-ring (bicyclic) bond motifs is 1. The molecule has 0 aliphatic carbocycles. The summed E-state index contributed by atoms with van der Waals surface area (Å²) in [6.45, 7) is 0.544. The molecule has 0 spiro atoms. The molecule has 0 amide bonds. The van der Waals surface area contributed by atoms with Crippen LogP contribution in [0, 0.1) is 0 Å². The predicted octanol–water partition coefficient (Wildman–Crippen LogP) is 5.14. The van der Waals surface area contributed by atoms with Crippen molar-refractivity contribution in [3.8, 4) is 11.5 Å². The zero-order chi connectivity index (χ0) is 13.9. The first-order valence-corrected chi connectivity index (χ1v) is 7.39. The molecule has 0 aliphatic heterocycles. The van der Waals surface area contributed by atoms with E-state index < -0.39 is 0 Å². The van der Waals surface area contributed by atoms with Crippen molar-refractivity contribution in [1.29, 1.82) is 0 Å². The molecular formula is C16H13ClO2S. The number of halogens is 1. The Balaban J connectivity index is 1.74. The van der Waals surface area contributed by atoms with E-state index in [0.29, 0.717) is 6.61 Å². The van der Waals surface area contributed by atoms with Gasteiger partial charge in [0.25, 0.3) is 0 Å². The van der Waals surface area contributed by atoms with Gasteiger partial charge in [0.05, 0.1) is 16.8 Å². The van der Waals surface area contributed by atoms with Crippen molar-refractivity contribution in [2.45, 2.75) is 6.61 Å². The van der Waals surface area contributed by atoms with Crippen LogP contribution in [-0.4, -0.2) is 7.11 Å². The van der Waals surface area contributed by atoms with Gasteiger partial charge in [-0.2, -0.15) is 0 Å². The average molecular weight is 305 g/mol. The van der Waals surface area contributed by atoms with Gasteiger partial charge in [-0.3, -0.25) is 0 Å². The molecule has 4 heteroatoms. The lowest BCUT2D eigenvalue weighted by molar-refractivity contribution is 0.309. The van der Waals surface area contributed by atoms with Gasteiger partial charge in [-0.05, 0) is 41.8 Å². The number of ether oxygens (including phenoxy) is 2. The van der Waals surface area contributed by atoms with E-state index in [1.807, 2.05) is 36.4 Å². The summed E-state index contributed by atoms with van der Waals surface area (Å²) in [5, 5.41) is 1.96. The quantitative estimate of drug-likeness (QED) is 0.664. The van der Waals surface area contributed by atoms with Crippen molar-refractivity contribution < 1.29 is 9.47 Å². The molecule has 1 aromatic heterocycles. The van der Waals surface area contributed by atoms with Crippen LogP contribution >= 0.6 is 22.9 Å². The lowest BCUT2D eigenvalue weighted by Gasteiger charge is -2.05. The Morgan fingerprint density at radius 1 is 1.05 bits per heavy atom. The number of benzene rings is 2. The van der Waals surface area contributed by atoms with E-state index in [4.69, 9.17) is 21.1 Å². The molecule has 0 unspecified atom stereocenters. The number of methoxy groups -OCH3 is 1. The van der Waals surface area contributed by atoms with Crippen LogP contribution in [-0.2, 0) is 6.61 Å². The van der Waals surface area contributed by atoms with Gasteiger partial charge in [0.1, 0.15) is 18.1 Å². The van der Waals surface area contributed by atoms with E-state index in [2.05, 4.69) is 12.1 Å². The van der Waals surface area contributed by atoms with Crippen LogP contribution in [0.2, 0.25) is 5.02 Å². The third-order valence-corrected chi connectivity index (χ3v) is 4.57. The number of hydrogen-bond acceptors (Lipinski definition) is 3. The Labute approximate surface area is 126 Å². The minimum absolute atomic E-state index is 0.544. The van der Waals surface area contributed by atoms with Crippen LogP contribution < -0.4 is 9.47 Å². The molecule has 0 saturated heterocycles. The van der Waals surface area contributed by atoms with E-state index in [1.165, 1.54) is 0 Å². The highest BCUT2D eigenvalue weighted by Crippen LogP contribution is 2.32. The molecule has 0 radical (unpaired) electrons. The largest absolute Gasteiger partial charge is 0.497 e. The first-order chi connectivity index (χ1) is 9.76. The smallest absolute Gasteiger partial charge is 0.122 e. The maximum Gasteiger partial charge on any atom is 0.122 e. The zero-order valence-electron chi connectivity index (χ0n) is 10.9. The standard InChI is InChI=1S/C16H13ClO2S/c1-18-12-5-7-13(8-6-12)19-10-14-9-11-3-2-4-15(17)16(11)20-14/h2-9H,10H2,1H3. The van der Waals surface area contributed by atoms with Crippen LogP contribution in [0.15, 0.2) is 48.5 Å². The highest BCUT2D eigenvalue weighted by molar-refractivity contribution is 7.19. The second-order valence-corrected chi connectivity index (χ2v) is 5.88. The third-order valence-electron chi connectivity index (χ3n) is 2.99. The van der Waals surface area contributed by atoms with Gasteiger partial charge in [0.15, 0.2) is 0 Å². The van der Waals surface area contributed by atoms with Crippen LogP contribution in [0.5, 0.6) is 11.5 Å². The fraction of sp³-hybridized carbons (Fsp3) is 0.125. The predicted molar refractivity (Wildman–Crippen MR) is 84.2 cm³/mol. The van der Waals surface area contributed by atoms with Gasteiger partial charge in [-0.1, -0.05) is 23.7 Å². The summed E-state index contributed by atoms with van der Waals surface area (Å²) in [6.07, 6.45) is 0. The summed E-state index contributed by atoms with van der Waals surface area (Å²) in [5.74, 6) is 1.65. The Morgan fingerprint density at radius 3 is 2.50 bits per heavy atom. The average Bonchev–Trinajstić information content (AvgIpc) is 2.90. The summed E-state index contributed by atoms with van der Waals surface area (Å²) in [7, 11) is 1.65. The van der Waals surface area contributed by atoms with Crippen molar-refractivity contribution in [3.05, 3.63) is 58.4 Å². The van der Waals surface area contributed by atoms with E-state index in [0.717, 1.165) is 31.5 Å². The molecule has 0 fully saturated rings. The molecule has 2 nitrogen and oxygen atoms in total. The summed E-state index contributed by atoms with van der Waals surface area (Å²) < 4.78 is 12.0. The Hall–Kier alpha value is -1.71. The second kappa shape index (κ2) is 5.73. The van der Waals surface area contributed by atoms with E-state index in [-0.39, 0.29) is 0 Å². The van der Waals surface area contributed by atoms with E-state index in [1.54, 1.807) is 18.4 Å². The molecule has 3 aromatic rings. The second-order valence-electron chi connectivity index (χ2n) is 4.34. The summed E-state index contributed by atoms with van der Waals surface area (Å²) in [6, 6.07) is 15.6. The third kappa shape index (κ3) is 2.74. The Kier molecular flexibility index (Phi) is 3.81. The van der Waals surface area contributed by atoms with Crippen LogP contribution in [0.1, 0.15) is 4.88 Å². The normalized spacial score (nSPS) is 10.7. The SMILES string of the molecule is COc1ccc(OCc2cc3cccc(Cl)c3s2)cc1. The monoisotopic (exact) mass is 304 g/mol. The first kappa shape index (κ1) is 13.3. The minimum Gasteiger partial charge on any atom is -0.497 e.